The van der Waals surface area contributed by atoms with E-state index in [1.807, 2.05) is 42.3 Å². The molecule has 0 saturated carbocycles. The average molecular weight is 413 g/mol. The third-order valence-electron chi connectivity index (χ3n) is 1.10. The van der Waals surface area contributed by atoms with Crippen LogP contribution in [0.25, 0.3) is 0 Å². The maximum atomic E-state index is 4.56. The zero-order valence-corrected chi connectivity index (χ0v) is 17.9. The zero-order valence-electron chi connectivity index (χ0n) is 11.7. The summed E-state index contributed by atoms with van der Waals surface area (Å²) in [5, 5.41) is 0. The molecular weight excluding hydrogens is 395 g/mol. The largest absolute Gasteiger partial charge is 3.00 e. The molecule has 0 unspecified atom stereocenters. The van der Waals surface area contributed by atoms with E-state index in [1.165, 1.54) is 0 Å². The topological polar surface area (TPSA) is 9.72 Å². The first-order valence-corrected chi connectivity index (χ1v) is 7.03. The van der Waals surface area contributed by atoms with Crippen LogP contribution in [0.15, 0.2) is 0 Å². The Hall–Kier alpha value is 0.862. The molecule has 10 heteroatoms. The molecule has 0 saturated heterocycles. The molecule has 3 nitrogen and oxygen atoms in total. The first kappa shape index (κ1) is 28.1. The molecule has 0 aromatic carbocycles. The quantitative estimate of drug-likeness (QED) is 0.424. The second-order valence-corrected chi connectivity index (χ2v) is 6.58. The van der Waals surface area contributed by atoms with Crippen molar-refractivity contribution in [1.82, 2.24) is 14.7 Å². The van der Waals surface area contributed by atoms with Crippen LogP contribution in [0.1, 0.15) is 0 Å². The van der Waals surface area contributed by atoms with Gasteiger partial charge >= 0.3 is 17.4 Å². The van der Waals surface area contributed by atoms with Crippen molar-refractivity contribution in [3.05, 3.63) is 0 Å². The van der Waals surface area contributed by atoms with Crippen molar-refractivity contribution in [3.8, 4) is 0 Å². The fraction of sp³-hybridized carbons (Fsp3) is 0.667. The molecule has 0 aliphatic carbocycles. The van der Waals surface area contributed by atoms with E-state index in [9.17, 15) is 0 Å². The van der Waals surface area contributed by atoms with Gasteiger partial charge in [0.25, 0.3) is 0 Å². The van der Waals surface area contributed by atoms with Gasteiger partial charge in [0.15, 0.2) is 0 Å². The van der Waals surface area contributed by atoms with Gasteiger partial charge in [0.1, 0.15) is 0 Å². The van der Waals surface area contributed by atoms with Crippen LogP contribution in [0.2, 0.25) is 0 Å². The first-order valence-electron chi connectivity index (χ1n) is 4.58. The van der Waals surface area contributed by atoms with Gasteiger partial charge in [-0.05, 0) is 0 Å². The Morgan fingerprint density at radius 3 is 0.632 bits per heavy atom. The fourth-order valence-electron chi connectivity index (χ4n) is 0. The van der Waals surface area contributed by atoms with Crippen molar-refractivity contribution in [2.45, 2.75) is 0 Å². The molecular formula is C9H18CrN3S6. The second kappa shape index (κ2) is 16.9. The molecule has 0 atom stereocenters. The van der Waals surface area contributed by atoms with Crippen LogP contribution >= 0.6 is 36.7 Å². The molecule has 19 heavy (non-hydrogen) atoms. The molecule has 1 radical (unpaired) electrons. The minimum absolute atomic E-state index is 0. The fourth-order valence-corrected chi connectivity index (χ4v) is 0. The van der Waals surface area contributed by atoms with Crippen molar-refractivity contribution in [2.24, 2.45) is 0 Å². The van der Waals surface area contributed by atoms with Gasteiger partial charge in [-0.3, -0.25) is 0 Å². The van der Waals surface area contributed by atoms with Gasteiger partial charge in [0, 0.05) is 42.3 Å². The van der Waals surface area contributed by atoms with Gasteiger partial charge in [-0.25, -0.2) is 0 Å². The van der Waals surface area contributed by atoms with E-state index in [-0.39, 0.29) is 17.4 Å². The smallest absolute Gasteiger partial charge is 0.411 e. The molecule has 0 amide bonds. The van der Waals surface area contributed by atoms with Gasteiger partial charge in [-0.2, -0.15) is 0 Å². The summed E-state index contributed by atoms with van der Waals surface area (Å²) in [4.78, 5) is 5.14. The molecule has 0 spiro atoms. The van der Waals surface area contributed by atoms with Crippen LogP contribution in [0, 0.1) is 0 Å². The van der Waals surface area contributed by atoms with Crippen LogP contribution in [0.5, 0.6) is 0 Å². The summed E-state index contributed by atoms with van der Waals surface area (Å²) in [6.45, 7) is 0. The van der Waals surface area contributed by atoms with E-state index in [2.05, 4.69) is 74.5 Å². The first-order chi connectivity index (χ1) is 7.93. The Bertz CT molecular complexity index is 228. The molecule has 0 aromatic heterocycles. The Morgan fingerprint density at radius 2 is 0.632 bits per heavy atom. The average Bonchev–Trinajstić information content (AvgIpc) is 2.18. The molecule has 0 aliphatic rings. The van der Waals surface area contributed by atoms with Crippen LogP contribution in [0.3, 0.4) is 0 Å². The van der Waals surface area contributed by atoms with E-state index < -0.39 is 0 Å². The van der Waals surface area contributed by atoms with Crippen molar-refractivity contribution in [2.75, 3.05) is 42.3 Å². The third-order valence-corrected chi connectivity index (χ3v) is 3.29. The Balaban J connectivity index is -0.0000000865. The maximum Gasteiger partial charge on any atom is 3.00 e. The van der Waals surface area contributed by atoms with Crippen molar-refractivity contribution in [3.63, 3.8) is 0 Å². The van der Waals surface area contributed by atoms with Crippen LogP contribution in [-0.2, 0) is 55.2 Å². The van der Waals surface area contributed by atoms with Crippen LogP contribution in [-0.4, -0.2) is 69.9 Å². The molecule has 0 aromatic rings. The van der Waals surface area contributed by atoms with Crippen LogP contribution in [0.4, 0.5) is 0 Å². The summed E-state index contributed by atoms with van der Waals surface area (Å²) >= 11 is 27.4. The number of hydrogen-bond donors (Lipinski definition) is 0. The van der Waals surface area contributed by atoms with E-state index >= 15 is 0 Å². The summed E-state index contributed by atoms with van der Waals surface area (Å²) in [7, 11) is 11.0. The molecule has 111 valence electrons. The molecule has 0 bridgehead atoms. The van der Waals surface area contributed by atoms with E-state index in [0.29, 0.717) is 13.0 Å². The minimum atomic E-state index is 0. The van der Waals surface area contributed by atoms with Crippen molar-refractivity contribution >= 4 is 87.5 Å². The monoisotopic (exact) mass is 412 g/mol. The van der Waals surface area contributed by atoms with E-state index in [1.54, 1.807) is 14.7 Å². The zero-order chi connectivity index (χ0) is 15.5. The van der Waals surface area contributed by atoms with Gasteiger partial charge in [-0.15, -0.1) is 0 Å². The van der Waals surface area contributed by atoms with Gasteiger partial charge in [0.2, 0.25) is 0 Å². The summed E-state index contributed by atoms with van der Waals surface area (Å²) in [5.41, 5.74) is 0. The Labute approximate surface area is 160 Å². The predicted octanol–water partition coefficient (Wildman–Crippen LogP) is 1.14. The van der Waals surface area contributed by atoms with Gasteiger partial charge in [0.05, 0.1) is 0 Å². The van der Waals surface area contributed by atoms with Crippen LogP contribution < -0.4 is 0 Å². The number of thiocarbonyl (C=S) groups is 3. The maximum absolute atomic E-state index is 4.56. The standard InChI is InChI=1S/3C3H7NS2.Cr/c3*1-4(2)3(5)6;/h3*1-2H3,(H,5,6);/q;;;+3/p-3. The number of hydrogen-bond acceptors (Lipinski definition) is 6. The molecule has 0 N–H and O–H groups in total. The second-order valence-electron chi connectivity index (χ2n) is 3.48. The summed E-state index contributed by atoms with van der Waals surface area (Å²) in [5.74, 6) is 0. The predicted molar refractivity (Wildman–Crippen MR) is 101 cm³/mol. The van der Waals surface area contributed by atoms with Crippen molar-refractivity contribution in [1.29, 1.82) is 0 Å². The number of nitrogens with zero attached hydrogens (tertiary/aromatic N) is 3. The molecule has 0 aliphatic heterocycles. The molecule has 0 heterocycles. The Kier molecular flexibility index (Phi) is 25.0. The van der Waals surface area contributed by atoms with Gasteiger partial charge in [-0.1, -0.05) is 13.0 Å². The SMILES string of the molecule is CN(C)C(=S)[S-].CN(C)C(=S)[S-].CN(C)C(=S)[S-].[Cr+3]. The normalized spacial score (nSPS) is 7.26. The Morgan fingerprint density at radius 1 is 0.579 bits per heavy atom. The summed E-state index contributed by atoms with van der Waals surface area (Å²) in [6, 6.07) is 0. The summed E-state index contributed by atoms with van der Waals surface area (Å²) in [6.07, 6.45) is 0. The molecule has 0 rings (SSSR count). The molecule has 0 fully saturated rings. The minimum Gasteiger partial charge on any atom is -0.411 e. The van der Waals surface area contributed by atoms with Crippen molar-refractivity contribution < 1.29 is 17.4 Å². The number of rotatable bonds is 0. The van der Waals surface area contributed by atoms with E-state index in [4.69, 9.17) is 0 Å². The third kappa shape index (κ3) is 32.4. The van der Waals surface area contributed by atoms with E-state index in [0.717, 1.165) is 0 Å². The van der Waals surface area contributed by atoms with Gasteiger partial charge < -0.3 is 89.2 Å². The summed E-state index contributed by atoms with van der Waals surface area (Å²) < 4.78 is 1.53.